The number of carbonyl (C=O) groups is 2. The molecule has 0 spiro atoms. The molecule has 2 saturated heterocycles. The van der Waals surface area contributed by atoms with E-state index in [0.717, 1.165) is 69.5 Å². The molecule has 0 bridgehead atoms. The number of carbonyl (C=O) groups excluding carboxylic acids is 2. The van der Waals surface area contributed by atoms with Gasteiger partial charge in [0.1, 0.15) is 0 Å². The van der Waals surface area contributed by atoms with Gasteiger partial charge in [-0.15, -0.1) is 36.6 Å². The third-order valence-electron chi connectivity index (χ3n) is 7.38. The third-order valence-corrected chi connectivity index (χ3v) is 8.70. The topological polar surface area (TPSA) is 86.8 Å². The number of methoxy groups -OCH3 is 1. The van der Waals surface area contributed by atoms with Crippen molar-refractivity contribution in [3.63, 3.8) is 0 Å². The maximum atomic E-state index is 13.7. The van der Waals surface area contributed by atoms with Crippen molar-refractivity contribution >= 4 is 48.6 Å². The van der Waals surface area contributed by atoms with E-state index >= 15 is 0 Å². The van der Waals surface area contributed by atoms with Crippen LogP contribution in [-0.2, 0) is 16.1 Å². The highest BCUT2D eigenvalue weighted by atomic mass is 35.5. The number of aromatic nitrogens is 1. The number of amides is 2. The molecular weight excluding hydrogens is 509 g/mol. The van der Waals surface area contributed by atoms with E-state index in [1.807, 2.05) is 28.9 Å². The van der Waals surface area contributed by atoms with Gasteiger partial charge in [0.05, 0.1) is 18.4 Å². The average molecular weight is 549 g/mol. The van der Waals surface area contributed by atoms with Crippen LogP contribution in [0.1, 0.15) is 63.4 Å². The minimum absolute atomic E-state index is 0. The maximum absolute atomic E-state index is 13.7. The number of nitrogens with zero attached hydrogens (tertiary/aromatic N) is 3. The van der Waals surface area contributed by atoms with Gasteiger partial charge in [-0.1, -0.05) is 25.3 Å². The number of hydrogen-bond acceptors (Lipinski definition) is 7. The summed E-state index contributed by atoms with van der Waals surface area (Å²) in [5, 5.41) is 11.1. The lowest BCUT2D eigenvalue weighted by molar-refractivity contribution is -0.143. The number of rotatable bonds is 7. The van der Waals surface area contributed by atoms with Crippen LogP contribution in [0.15, 0.2) is 24.5 Å². The van der Waals surface area contributed by atoms with E-state index in [1.54, 1.807) is 12.4 Å². The lowest BCUT2D eigenvalue weighted by Gasteiger charge is -2.49. The largest absolute Gasteiger partial charge is 0.469 e. The van der Waals surface area contributed by atoms with Gasteiger partial charge in [-0.3, -0.25) is 9.78 Å². The Balaban J connectivity index is 0.00000216. The molecule has 2 amide bonds. The maximum Gasteiger partial charge on any atom is 0.333 e. The number of ether oxygens (including phenoxy) is 1. The number of hydrazine groups is 1. The van der Waals surface area contributed by atoms with Gasteiger partial charge in [0, 0.05) is 30.9 Å². The molecular formula is C24H39Cl2N5O3S. The van der Waals surface area contributed by atoms with Crippen molar-refractivity contribution in [1.29, 1.82) is 0 Å². The Morgan fingerprint density at radius 2 is 1.97 bits per heavy atom. The number of halogens is 2. The Morgan fingerprint density at radius 1 is 1.23 bits per heavy atom. The second-order valence-corrected chi connectivity index (χ2v) is 10.5. The Hall–Kier alpha value is -1.26. The lowest BCUT2D eigenvalue weighted by atomic mass is 9.78. The minimum Gasteiger partial charge on any atom is -0.469 e. The fraction of sp³-hybridized carbons (Fsp3) is 0.708. The summed E-state index contributed by atoms with van der Waals surface area (Å²) in [4.78, 5) is 29.9. The molecule has 3 fully saturated rings. The number of esters is 1. The molecule has 8 nitrogen and oxygen atoms in total. The van der Waals surface area contributed by atoms with Gasteiger partial charge >= 0.3 is 12.0 Å². The Bertz CT molecular complexity index is 795. The minimum atomic E-state index is -0.174. The van der Waals surface area contributed by atoms with Gasteiger partial charge in [-0.2, -0.15) is 5.01 Å². The summed E-state index contributed by atoms with van der Waals surface area (Å²) in [6.07, 6.45) is 12.3. The van der Waals surface area contributed by atoms with Crippen LogP contribution in [0.4, 0.5) is 4.79 Å². The number of piperidine rings is 1. The molecule has 0 radical (unpaired) electrons. The van der Waals surface area contributed by atoms with E-state index in [-0.39, 0.29) is 47.7 Å². The Labute approximate surface area is 225 Å². The molecule has 1 aromatic rings. The molecule has 1 aromatic heterocycles. The van der Waals surface area contributed by atoms with Crippen molar-refractivity contribution in [3.05, 3.63) is 30.1 Å². The fourth-order valence-electron chi connectivity index (χ4n) is 5.52. The average Bonchev–Trinajstić information content (AvgIpc) is 3.34. The standard InChI is InChI=1S/C24H37N5O3S.2ClH/c1-32-21(30)7-12-24(10-3-2-4-11-24)28-18-33-22(20-8-14-25-15-9-20)29(28)23(31)27-17-19-6-5-13-26-16-19;;/h5-6,13,16,20,22,25H,2-4,7-12,14-15,17-18H2,1H3,(H,27,31);2*1H. The lowest BCUT2D eigenvalue weighted by Crippen LogP contribution is -2.61. The molecule has 1 saturated carbocycles. The first kappa shape index (κ1) is 30.0. The van der Waals surface area contributed by atoms with E-state index in [9.17, 15) is 9.59 Å². The first-order chi connectivity index (χ1) is 16.1. The van der Waals surface area contributed by atoms with Crippen LogP contribution in [0, 0.1) is 5.92 Å². The van der Waals surface area contributed by atoms with E-state index in [0.29, 0.717) is 18.9 Å². The molecule has 0 aromatic carbocycles. The van der Waals surface area contributed by atoms with Crippen molar-refractivity contribution in [2.45, 2.75) is 75.2 Å². The number of urea groups is 1. The predicted octanol–water partition coefficient (Wildman–Crippen LogP) is 4.34. The van der Waals surface area contributed by atoms with Crippen molar-refractivity contribution < 1.29 is 14.3 Å². The van der Waals surface area contributed by atoms with Gasteiger partial charge < -0.3 is 15.4 Å². The zero-order valence-corrected chi connectivity index (χ0v) is 22.9. The molecule has 1 aliphatic carbocycles. The number of thioether (sulfide) groups is 1. The molecule has 3 heterocycles. The van der Waals surface area contributed by atoms with Crippen LogP contribution < -0.4 is 10.6 Å². The van der Waals surface area contributed by atoms with Crippen LogP contribution in [0.5, 0.6) is 0 Å². The number of nitrogens with one attached hydrogen (secondary N) is 2. The predicted molar refractivity (Wildman–Crippen MR) is 144 cm³/mol. The van der Waals surface area contributed by atoms with Gasteiger partial charge in [0.25, 0.3) is 0 Å². The SMILES string of the molecule is COC(=O)CCC1(N2CSC(C3CCNCC3)N2C(=O)NCc2cccnc2)CCCCC1.Cl.Cl. The molecule has 2 aliphatic heterocycles. The molecule has 35 heavy (non-hydrogen) atoms. The van der Waals surface area contributed by atoms with E-state index in [2.05, 4.69) is 20.6 Å². The smallest absolute Gasteiger partial charge is 0.333 e. The summed E-state index contributed by atoms with van der Waals surface area (Å²) in [6, 6.07) is 3.82. The number of hydrogen-bond donors (Lipinski definition) is 2. The highest BCUT2D eigenvalue weighted by Gasteiger charge is 2.50. The molecule has 198 valence electrons. The second-order valence-electron chi connectivity index (χ2n) is 9.40. The Morgan fingerprint density at radius 3 is 2.63 bits per heavy atom. The van der Waals surface area contributed by atoms with Crippen LogP contribution >= 0.6 is 36.6 Å². The molecule has 1 unspecified atom stereocenters. The van der Waals surface area contributed by atoms with Gasteiger partial charge in [0.15, 0.2) is 0 Å². The van der Waals surface area contributed by atoms with Crippen molar-refractivity contribution in [2.24, 2.45) is 5.92 Å². The second kappa shape index (κ2) is 14.5. The van der Waals surface area contributed by atoms with Crippen molar-refractivity contribution in [1.82, 2.24) is 25.6 Å². The van der Waals surface area contributed by atoms with Crippen molar-refractivity contribution in [3.8, 4) is 0 Å². The van der Waals surface area contributed by atoms with E-state index < -0.39 is 0 Å². The first-order valence-electron chi connectivity index (χ1n) is 12.3. The van der Waals surface area contributed by atoms with Crippen LogP contribution in [-0.4, -0.2) is 64.0 Å². The summed E-state index contributed by atoms with van der Waals surface area (Å²) < 4.78 is 4.96. The molecule has 1 atom stereocenters. The highest BCUT2D eigenvalue weighted by Crippen LogP contribution is 2.46. The van der Waals surface area contributed by atoms with Crippen LogP contribution in [0.25, 0.3) is 0 Å². The quantitative estimate of drug-likeness (QED) is 0.491. The zero-order valence-electron chi connectivity index (χ0n) is 20.4. The summed E-state index contributed by atoms with van der Waals surface area (Å²) in [5.41, 5.74) is 0.813. The van der Waals surface area contributed by atoms with E-state index in [1.165, 1.54) is 13.5 Å². The summed E-state index contributed by atoms with van der Waals surface area (Å²) >= 11 is 1.88. The van der Waals surface area contributed by atoms with Crippen molar-refractivity contribution in [2.75, 3.05) is 26.1 Å². The fourth-order valence-corrected chi connectivity index (χ4v) is 7.11. The van der Waals surface area contributed by atoms with Crippen LogP contribution in [0.3, 0.4) is 0 Å². The summed E-state index contributed by atoms with van der Waals surface area (Å²) in [5.74, 6) is 1.08. The van der Waals surface area contributed by atoms with E-state index in [4.69, 9.17) is 4.74 Å². The summed E-state index contributed by atoms with van der Waals surface area (Å²) in [6.45, 7) is 2.45. The van der Waals surface area contributed by atoms with Crippen LogP contribution in [0.2, 0.25) is 0 Å². The monoisotopic (exact) mass is 547 g/mol. The Kier molecular flexibility index (Phi) is 12.4. The zero-order chi connectivity index (χ0) is 23.1. The number of pyridine rings is 1. The summed E-state index contributed by atoms with van der Waals surface area (Å²) in [7, 11) is 1.45. The van der Waals surface area contributed by atoms with Gasteiger partial charge in [-0.05, 0) is 62.7 Å². The normalized spacial score (nSPS) is 22.5. The molecule has 3 aliphatic rings. The molecule has 11 heteroatoms. The first-order valence-corrected chi connectivity index (χ1v) is 13.3. The van der Waals surface area contributed by atoms with Gasteiger partial charge in [0.2, 0.25) is 0 Å². The third kappa shape index (κ3) is 7.38. The molecule has 4 rings (SSSR count). The molecule has 2 N–H and O–H groups in total. The van der Waals surface area contributed by atoms with Gasteiger partial charge in [-0.25, -0.2) is 9.80 Å². The highest BCUT2D eigenvalue weighted by molar-refractivity contribution is 8.00.